The fourth-order valence-electron chi connectivity index (χ4n) is 1.09. The average Bonchev–Trinajstić information content (AvgIpc) is 2.65. The standard InChI is InChI=1S/C9H9N3OS/c1-13-7-2-6(3-11-4-7)8-5-12-9(10)14-8/h2-5H,1H3,(H2,10,12). The van der Waals surface area contributed by atoms with Gasteiger partial charge >= 0.3 is 0 Å². The van der Waals surface area contributed by atoms with E-state index >= 15 is 0 Å². The highest BCUT2D eigenvalue weighted by Gasteiger charge is 2.03. The van der Waals surface area contributed by atoms with E-state index in [0.29, 0.717) is 5.13 Å². The Morgan fingerprint density at radius 1 is 1.36 bits per heavy atom. The number of anilines is 1. The highest BCUT2D eigenvalue weighted by atomic mass is 32.1. The van der Waals surface area contributed by atoms with Crippen molar-refractivity contribution in [2.75, 3.05) is 12.8 Å². The molecule has 0 aliphatic carbocycles. The van der Waals surface area contributed by atoms with Gasteiger partial charge in [-0.3, -0.25) is 4.98 Å². The molecule has 0 unspecified atom stereocenters. The number of hydrogen-bond acceptors (Lipinski definition) is 5. The molecule has 2 rings (SSSR count). The second-order valence-electron chi connectivity index (χ2n) is 2.68. The maximum atomic E-state index is 5.54. The Morgan fingerprint density at radius 2 is 2.21 bits per heavy atom. The van der Waals surface area contributed by atoms with Gasteiger partial charge in [0.15, 0.2) is 5.13 Å². The third-order valence-corrected chi connectivity index (χ3v) is 2.63. The minimum Gasteiger partial charge on any atom is -0.495 e. The van der Waals surface area contributed by atoms with Crippen LogP contribution < -0.4 is 10.5 Å². The summed E-state index contributed by atoms with van der Waals surface area (Å²) in [6.07, 6.45) is 5.15. The van der Waals surface area contributed by atoms with Gasteiger partial charge in [-0.15, -0.1) is 0 Å². The van der Waals surface area contributed by atoms with Gasteiger partial charge in [0, 0.05) is 18.0 Å². The number of hydrogen-bond donors (Lipinski definition) is 1. The molecule has 0 radical (unpaired) electrons. The number of nitrogens with zero attached hydrogens (tertiary/aromatic N) is 2. The first kappa shape index (κ1) is 8.96. The quantitative estimate of drug-likeness (QED) is 0.815. The molecule has 0 saturated heterocycles. The fraction of sp³-hybridized carbons (Fsp3) is 0.111. The van der Waals surface area contributed by atoms with Gasteiger partial charge in [-0.1, -0.05) is 11.3 Å². The summed E-state index contributed by atoms with van der Waals surface area (Å²) in [6, 6.07) is 1.90. The predicted molar refractivity (Wildman–Crippen MR) is 56.3 cm³/mol. The van der Waals surface area contributed by atoms with Crippen LogP contribution in [-0.4, -0.2) is 17.1 Å². The van der Waals surface area contributed by atoms with Gasteiger partial charge in [-0.05, 0) is 6.07 Å². The van der Waals surface area contributed by atoms with Crippen molar-refractivity contribution in [2.24, 2.45) is 0 Å². The van der Waals surface area contributed by atoms with Crippen molar-refractivity contribution in [3.8, 4) is 16.2 Å². The van der Waals surface area contributed by atoms with E-state index < -0.39 is 0 Å². The van der Waals surface area contributed by atoms with Crippen LogP contribution >= 0.6 is 11.3 Å². The molecule has 0 aliphatic rings. The molecule has 2 heterocycles. The summed E-state index contributed by atoms with van der Waals surface area (Å²) in [4.78, 5) is 9.02. The maximum Gasteiger partial charge on any atom is 0.180 e. The molecule has 14 heavy (non-hydrogen) atoms. The topological polar surface area (TPSA) is 61.0 Å². The van der Waals surface area contributed by atoms with Crippen LogP contribution in [-0.2, 0) is 0 Å². The molecular weight excluding hydrogens is 198 g/mol. The number of nitrogen functional groups attached to an aromatic ring is 1. The van der Waals surface area contributed by atoms with Crippen molar-refractivity contribution < 1.29 is 4.74 Å². The Kier molecular flexibility index (Phi) is 2.32. The Morgan fingerprint density at radius 3 is 2.86 bits per heavy atom. The molecule has 5 heteroatoms. The molecule has 4 nitrogen and oxygen atoms in total. The van der Waals surface area contributed by atoms with Crippen LogP contribution in [0.2, 0.25) is 0 Å². The monoisotopic (exact) mass is 207 g/mol. The zero-order valence-electron chi connectivity index (χ0n) is 7.60. The van der Waals surface area contributed by atoms with Crippen LogP contribution in [0.4, 0.5) is 5.13 Å². The summed E-state index contributed by atoms with van der Waals surface area (Å²) in [6.45, 7) is 0. The van der Waals surface area contributed by atoms with E-state index in [1.807, 2.05) is 6.07 Å². The van der Waals surface area contributed by atoms with Crippen molar-refractivity contribution in [1.29, 1.82) is 0 Å². The smallest absolute Gasteiger partial charge is 0.180 e. The van der Waals surface area contributed by atoms with Gasteiger partial charge in [-0.2, -0.15) is 0 Å². The highest BCUT2D eigenvalue weighted by Crippen LogP contribution is 2.28. The first-order valence-electron chi connectivity index (χ1n) is 4.00. The number of nitrogens with two attached hydrogens (primary N) is 1. The number of methoxy groups -OCH3 is 1. The second-order valence-corrected chi connectivity index (χ2v) is 3.74. The van der Waals surface area contributed by atoms with E-state index in [4.69, 9.17) is 10.5 Å². The third kappa shape index (κ3) is 1.67. The summed E-state index contributed by atoms with van der Waals surface area (Å²) in [5.74, 6) is 0.731. The Hall–Kier alpha value is -1.62. The minimum atomic E-state index is 0.558. The Balaban J connectivity index is 2.41. The molecule has 0 atom stereocenters. The van der Waals surface area contributed by atoms with Crippen LogP contribution in [0.1, 0.15) is 0 Å². The van der Waals surface area contributed by atoms with Gasteiger partial charge < -0.3 is 10.5 Å². The number of ether oxygens (including phenoxy) is 1. The van der Waals surface area contributed by atoms with Crippen molar-refractivity contribution in [1.82, 2.24) is 9.97 Å². The molecule has 0 aliphatic heterocycles. The molecule has 2 aromatic rings. The molecule has 72 valence electrons. The molecule has 2 aromatic heterocycles. The van der Waals surface area contributed by atoms with Crippen molar-refractivity contribution in [3.63, 3.8) is 0 Å². The Labute approximate surface area is 85.4 Å². The summed E-state index contributed by atoms with van der Waals surface area (Å²) >= 11 is 1.43. The van der Waals surface area contributed by atoms with Gasteiger partial charge in [-0.25, -0.2) is 4.98 Å². The fourth-order valence-corrected chi connectivity index (χ4v) is 1.75. The third-order valence-electron chi connectivity index (χ3n) is 1.76. The van der Waals surface area contributed by atoms with Gasteiger partial charge in [0.2, 0.25) is 0 Å². The molecule has 0 aromatic carbocycles. The lowest BCUT2D eigenvalue weighted by Gasteiger charge is -2.00. The van der Waals surface area contributed by atoms with E-state index in [1.54, 1.807) is 25.7 Å². The Bertz CT molecular complexity index is 441. The zero-order chi connectivity index (χ0) is 9.97. The van der Waals surface area contributed by atoms with Crippen LogP contribution in [0.5, 0.6) is 5.75 Å². The minimum absolute atomic E-state index is 0.558. The maximum absolute atomic E-state index is 5.54. The number of pyridine rings is 1. The molecule has 0 amide bonds. The first-order valence-corrected chi connectivity index (χ1v) is 4.82. The predicted octanol–water partition coefficient (Wildman–Crippen LogP) is 1.80. The summed E-state index contributed by atoms with van der Waals surface area (Å²) in [5.41, 5.74) is 6.51. The van der Waals surface area contributed by atoms with Crippen LogP contribution in [0.15, 0.2) is 24.7 Å². The lowest BCUT2D eigenvalue weighted by Crippen LogP contribution is -1.84. The molecule has 0 saturated carbocycles. The van der Waals surface area contributed by atoms with Gasteiger partial charge in [0.1, 0.15) is 5.75 Å². The number of rotatable bonds is 2. The van der Waals surface area contributed by atoms with E-state index in [2.05, 4.69) is 9.97 Å². The van der Waals surface area contributed by atoms with Crippen molar-refractivity contribution in [3.05, 3.63) is 24.7 Å². The number of thiazole rings is 1. The SMILES string of the molecule is COc1cncc(-c2cnc(N)s2)c1. The summed E-state index contributed by atoms with van der Waals surface area (Å²) < 4.78 is 5.07. The second kappa shape index (κ2) is 3.63. The zero-order valence-corrected chi connectivity index (χ0v) is 8.41. The van der Waals surface area contributed by atoms with Crippen LogP contribution in [0.25, 0.3) is 10.4 Å². The molecule has 0 spiro atoms. The van der Waals surface area contributed by atoms with Crippen LogP contribution in [0, 0.1) is 0 Å². The molecule has 2 N–H and O–H groups in total. The van der Waals surface area contributed by atoms with E-state index in [1.165, 1.54) is 11.3 Å². The van der Waals surface area contributed by atoms with Crippen LogP contribution in [0.3, 0.4) is 0 Å². The summed E-state index contributed by atoms with van der Waals surface area (Å²) in [7, 11) is 1.61. The normalized spacial score (nSPS) is 10.1. The first-order chi connectivity index (χ1) is 6.79. The summed E-state index contributed by atoms with van der Waals surface area (Å²) in [5, 5.41) is 0.558. The average molecular weight is 207 g/mol. The van der Waals surface area contributed by atoms with E-state index in [9.17, 15) is 0 Å². The highest BCUT2D eigenvalue weighted by molar-refractivity contribution is 7.18. The van der Waals surface area contributed by atoms with E-state index in [-0.39, 0.29) is 0 Å². The molecule has 0 bridgehead atoms. The number of aromatic nitrogens is 2. The molecular formula is C9H9N3OS. The van der Waals surface area contributed by atoms with Crippen molar-refractivity contribution >= 4 is 16.5 Å². The van der Waals surface area contributed by atoms with E-state index in [0.717, 1.165) is 16.2 Å². The van der Waals surface area contributed by atoms with Gasteiger partial charge in [0.05, 0.1) is 18.2 Å². The van der Waals surface area contributed by atoms with Crippen molar-refractivity contribution in [2.45, 2.75) is 0 Å². The lowest BCUT2D eigenvalue weighted by molar-refractivity contribution is 0.413. The largest absolute Gasteiger partial charge is 0.495 e. The van der Waals surface area contributed by atoms with Gasteiger partial charge in [0.25, 0.3) is 0 Å². The lowest BCUT2D eigenvalue weighted by atomic mass is 10.2. The molecule has 0 fully saturated rings.